The zero-order valence-corrected chi connectivity index (χ0v) is 27.7. The van der Waals surface area contributed by atoms with Gasteiger partial charge in [0.25, 0.3) is 0 Å². The summed E-state index contributed by atoms with van der Waals surface area (Å²) in [4.78, 5) is 42.6. The second kappa shape index (κ2) is 16.9. The molecule has 1 fully saturated rings. The number of amides is 2. The van der Waals surface area contributed by atoms with Gasteiger partial charge in [0.2, 0.25) is 11.8 Å². The van der Waals surface area contributed by atoms with E-state index in [1.165, 1.54) is 29.8 Å². The number of aryl methyl sites for hydroxylation is 1. The van der Waals surface area contributed by atoms with Gasteiger partial charge in [0.1, 0.15) is 11.9 Å². The second-order valence-electron chi connectivity index (χ2n) is 12.3. The van der Waals surface area contributed by atoms with Gasteiger partial charge in [0.05, 0.1) is 11.8 Å². The molecule has 2 heterocycles. The number of carbonyl (C=O) groups excluding carboxylic acids is 2. The highest BCUT2D eigenvalue weighted by Crippen LogP contribution is 2.29. The van der Waals surface area contributed by atoms with Crippen molar-refractivity contribution in [3.8, 4) is 0 Å². The first-order valence-corrected chi connectivity index (χ1v) is 16.8. The third-order valence-corrected chi connectivity index (χ3v) is 8.78. The molecule has 2 amide bonds. The smallest absolute Gasteiger partial charge is 0.352 e. The molecule has 0 bridgehead atoms. The number of benzene rings is 3. The lowest BCUT2D eigenvalue weighted by Gasteiger charge is -2.39. The van der Waals surface area contributed by atoms with Crippen LogP contribution in [0.25, 0.3) is 6.08 Å². The number of rotatable bonds is 13. The van der Waals surface area contributed by atoms with Crippen LogP contribution in [0.5, 0.6) is 0 Å². The molecule has 0 saturated carbocycles. The Morgan fingerprint density at radius 3 is 2.18 bits per heavy atom. The third kappa shape index (κ3) is 10.0. The van der Waals surface area contributed by atoms with Crippen LogP contribution in [-0.2, 0) is 35.2 Å². The van der Waals surface area contributed by atoms with E-state index in [9.17, 15) is 22.8 Å². The van der Waals surface area contributed by atoms with Crippen molar-refractivity contribution in [2.45, 2.75) is 57.8 Å². The van der Waals surface area contributed by atoms with Crippen molar-refractivity contribution < 1.29 is 22.8 Å². The van der Waals surface area contributed by atoms with Gasteiger partial charge in [-0.25, -0.2) is 4.98 Å². The van der Waals surface area contributed by atoms with Gasteiger partial charge in [0.15, 0.2) is 0 Å². The summed E-state index contributed by atoms with van der Waals surface area (Å²) in [6.07, 6.45) is 8.03. The SMILES string of the molecule is CCCCCc1ccc(CN(C(=O)/C=C/c2ccc(C(F)(F)F)cc2)[C@@H](Cc2ccccc2)C(=O)N2CCN(c3cnccn3)CC2)cc1. The van der Waals surface area contributed by atoms with Gasteiger partial charge in [-0.05, 0) is 53.3 Å². The molecule has 0 aliphatic carbocycles. The number of hydrogen-bond acceptors (Lipinski definition) is 5. The fourth-order valence-electron chi connectivity index (χ4n) is 5.96. The predicted octanol–water partition coefficient (Wildman–Crippen LogP) is 7.23. The Balaban J connectivity index is 1.42. The summed E-state index contributed by atoms with van der Waals surface area (Å²) in [7, 11) is 0. The van der Waals surface area contributed by atoms with E-state index >= 15 is 0 Å². The molecule has 5 rings (SSSR count). The fraction of sp³-hybridized carbons (Fsp3) is 0.333. The van der Waals surface area contributed by atoms with Crippen LogP contribution in [0.15, 0.2) is 104 Å². The number of halogens is 3. The van der Waals surface area contributed by atoms with Crippen molar-refractivity contribution in [1.82, 2.24) is 19.8 Å². The molecular formula is C39H42F3N5O2. The molecule has 7 nitrogen and oxygen atoms in total. The highest BCUT2D eigenvalue weighted by molar-refractivity contribution is 5.95. The Hall–Kier alpha value is -4.99. The fourth-order valence-corrected chi connectivity index (χ4v) is 5.96. The molecule has 1 aliphatic heterocycles. The van der Waals surface area contributed by atoms with E-state index in [2.05, 4.69) is 33.9 Å². The van der Waals surface area contributed by atoms with Crippen molar-refractivity contribution >= 4 is 23.7 Å². The predicted molar refractivity (Wildman–Crippen MR) is 185 cm³/mol. The maximum absolute atomic E-state index is 14.4. The van der Waals surface area contributed by atoms with Crippen LogP contribution < -0.4 is 4.90 Å². The van der Waals surface area contributed by atoms with Crippen LogP contribution in [0.3, 0.4) is 0 Å². The molecule has 1 aliphatic rings. The number of alkyl halides is 3. The number of unbranched alkanes of at least 4 members (excludes halogenated alkanes) is 2. The Morgan fingerprint density at radius 1 is 0.857 bits per heavy atom. The first kappa shape index (κ1) is 35.3. The molecule has 1 saturated heterocycles. The van der Waals surface area contributed by atoms with Crippen molar-refractivity contribution in [2.24, 2.45) is 0 Å². The third-order valence-electron chi connectivity index (χ3n) is 8.78. The van der Waals surface area contributed by atoms with Crippen LogP contribution in [-0.4, -0.2) is 63.8 Å². The quantitative estimate of drug-likeness (QED) is 0.111. The summed E-state index contributed by atoms with van der Waals surface area (Å²) in [5, 5.41) is 0. The Bertz CT molecular complexity index is 1660. The minimum absolute atomic E-state index is 0.157. The molecule has 0 radical (unpaired) electrons. The molecule has 10 heteroatoms. The molecule has 1 atom stereocenters. The summed E-state index contributed by atoms with van der Waals surface area (Å²) >= 11 is 0. The van der Waals surface area contributed by atoms with E-state index in [1.54, 1.807) is 28.4 Å². The average molecular weight is 670 g/mol. The first-order chi connectivity index (χ1) is 23.7. The van der Waals surface area contributed by atoms with Gasteiger partial charge in [-0.3, -0.25) is 14.6 Å². The normalized spacial score (nSPS) is 14.2. The molecular weight excluding hydrogens is 627 g/mol. The van der Waals surface area contributed by atoms with E-state index in [0.29, 0.717) is 38.2 Å². The van der Waals surface area contributed by atoms with E-state index in [-0.39, 0.29) is 12.5 Å². The standard InChI is InChI=1S/C39H42F3N5O2/c1-2-3-5-8-30-11-13-33(14-12-30)29-47(37(48)20-17-31-15-18-34(19-16-31)39(40,41)42)35(27-32-9-6-4-7-10-32)38(49)46-25-23-45(24-26-46)36-28-43-21-22-44-36/h4,6-7,9-22,28,35H,2-3,5,8,23-27,29H2,1H3/b20-17+/t35-/m0/s1. The number of carbonyl (C=O) groups is 2. The van der Waals surface area contributed by atoms with Crippen LogP contribution in [0.4, 0.5) is 19.0 Å². The Kier molecular flexibility index (Phi) is 12.2. The molecule has 4 aromatic rings. The number of anilines is 1. The summed E-state index contributed by atoms with van der Waals surface area (Å²) in [5.41, 5.74) is 2.70. The Labute approximate surface area is 286 Å². The summed E-state index contributed by atoms with van der Waals surface area (Å²) < 4.78 is 39.4. The molecule has 1 aromatic heterocycles. The average Bonchev–Trinajstić information content (AvgIpc) is 3.13. The van der Waals surface area contributed by atoms with Gasteiger partial charge in [0, 0.05) is 57.6 Å². The van der Waals surface area contributed by atoms with Crippen molar-refractivity contribution in [1.29, 1.82) is 0 Å². The number of nitrogens with zero attached hydrogens (tertiary/aromatic N) is 5. The van der Waals surface area contributed by atoms with Crippen LogP contribution in [0, 0.1) is 0 Å². The van der Waals surface area contributed by atoms with Gasteiger partial charge in [-0.1, -0.05) is 86.5 Å². The summed E-state index contributed by atoms with van der Waals surface area (Å²) in [6.45, 7) is 4.42. The van der Waals surface area contributed by atoms with Crippen LogP contribution in [0.1, 0.15) is 54.0 Å². The largest absolute Gasteiger partial charge is 0.416 e. The number of aromatic nitrogens is 2. The van der Waals surface area contributed by atoms with Crippen molar-refractivity contribution in [3.05, 3.63) is 131 Å². The molecule has 0 unspecified atom stereocenters. The van der Waals surface area contributed by atoms with E-state index < -0.39 is 23.7 Å². The van der Waals surface area contributed by atoms with E-state index in [4.69, 9.17) is 0 Å². The zero-order chi connectivity index (χ0) is 34.6. The van der Waals surface area contributed by atoms with E-state index in [0.717, 1.165) is 54.8 Å². The van der Waals surface area contributed by atoms with Crippen molar-refractivity contribution in [2.75, 3.05) is 31.1 Å². The number of hydrogen-bond donors (Lipinski definition) is 0. The second-order valence-corrected chi connectivity index (χ2v) is 12.3. The molecule has 49 heavy (non-hydrogen) atoms. The van der Waals surface area contributed by atoms with Gasteiger partial charge >= 0.3 is 6.18 Å². The molecule has 0 N–H and O–H groups in total. The summed E-state index contributed by atoms with van der Waals surface area (Å²) in [5.74, 6) is 0.188. The zero-order valence-electron chi connectivity index (χ0n) is 27.7. The number of piperazine rings is 1. The monoisotopic (exact) mass is 669 g/mol. The molecule has 3 aromatic carbocycles. The van der Waals surface area contributed by atoms with Crippen molar-refractivity contribution in [3.63, 3.8) is 0 Å². The topological polar surface area (TPSA) is 69.6 Å². The van der Waals surface area contributed by atoms with Gasteiger partial charge < -0.3 is 14.7 Å². The maximum Gasteiger partial charge on any atom is 0.416 e. The van der Waals surface area contributed by atoms with Crippen LogP contribution in [0.2, 0.25) is 0 Å². The first-order valence-electron chi connectivity index (χ1n) is 16.8. The van der Waals surface area contributed by atoms with E-state index in [1.807, 2.05) is 42.5 Å². The lowest BCUT2D eigenvalue weighted by molar-refractivity contribution is -0.144. The Morgan fingerprint density at radius 2 is 1.55 bits per heavy atom. The summed E-state index contributed by atoms with van der Waals surface area (Å²) in [6, 6.07) is 21.6. The molecule has 0 spiro atoms. The highest BCUT2D eigenvalue weighted by Gasteiger charge is 2.34. The lowest BCUT2D eigenvalue weighted by atomic mass is 10.0. The molecule has 256 valence electrons. The highest BCUT2D eigenvalue weighted by atomic mass is 19.4. The minimum Gasteiger partial charge on any atom is -0.352 e. The lowest BCUT2D eigenvalue weighted by Crippen LogP contribution is -2.56. The minimum atomic E-state index is -4.45. The van der Waals surface area contributed by atoms with Gasteiger partial charge in [-0.2, -0.15) is 13.2 Å². The van der Waals surface area contributed by atoms with Crippen LogP contribution >= 0.6 is 0 Å². The maximum atomic E-state index is 14.4. The van der Waals surface area contributed by atoms with Gasteiger partial charge in [-0.15, -0.1) is 0 Å².